The average Bonchev–Trinajstić information content (AvgIpc) is 3.18. The van der Waals surface area contributed by atoms with Gasteiger partial charge in [-0.05, 0) is 61.5 Å². The van der Waals surface area contributed by atoms with E-state index in [1.807, 2.05) is 0 Å². The molecule has 0 aromatic carbocycles. The molecule has 3 saturated carbocycles. The van der Waals surface area contributed by atoms with Crippen molar-refractivity contribution in [3.05, 3.63) is 17.0 Å². The smallest absolute Gasteiger partial charge is 0.247 e. The van der Waals surface area contributed by atoms with Crippen LogP contribution in [0.25, 0.3) is 0 Å². The van der Waals surface area contributed by atoms with Crippen LogP contribution in [0.4, 0.5) is 0 Å². The van der Waals surface area contributed by atoms with Crippen molar-refractivity contribution in [1.82, 2.24) is 5.32 Å². The van der Waals surface area contributed by atoms with Gasteiger partial charge in [-0.1, -0.05) is 6.42 Å². The van der Waals surface area contributed by atoms with Gasteiger partial charge in [-0.15, -0.1) is 11.3 Å². The first-order valence-electron chi connectivity index (χ1n) is 8.32. The Balaban J connectivity index is 1.37. The summed E-state index contributed by atoms with van der Waals surface area (Å²) in [4.78, 5) is 13.1. The maximum absolute atomic E-state index is 12.3. The zero-order chi connectivity index (χ0) is 16.2. The lowest BCUT2D eigenvalue weighted by molar-refractivity contribution is -0.121. The maximum Gasteiger partial charge on any atom is 0.247 e. The Hall–Kier alpha value is -0.920. The summed E-state index contributed by atoms with van der Waals surface area (Å²) in [6, 6.07) is 3.48. The van der Waals surface area contributed by atoms with Gasteiger partial charge in [0.2, 0.25) is 15.9 Å². The Labute approximate surface area is 140 Å². The molecule has 4 rings (SSSR count). The summed E-state index contributed by atoms with van der Waals surface area (Å²) in [6.45, 7) is 0. The summed E-state index contributed by atoms with van der Waals surface area (Å²) in [5, 5.41) is 8.31. The number of primary sulfonamides is 1. The van der Waals surface area contributed by atoms with Crippen molar-refractivity contribution < 1.29 is 13.2 Å². The predicted molar refractivity (Wildman–Crippen MR) is 88.4 cm³/mol. The van der Waals surface area contributed by atoms with E-state index >= 15 is 0 Å². The summed E-state index contributed by atoms with van der Waals surface area (Å²) in [6.07, 6.45) is 6.73. The number of hydrogen-bond acceptors (Lipinski definition) is 4. The molecule has 23 heavy (non-hydrogen) atoms. The largest absolute Gasteiger partial charge is 0.353 e. The molecule has 1 heterocycles. The van der Waals surface area contributed by atoms with Crippen LogP contribution in [0.2, 0.25) is 0 Å². The Bertz CT molecular complexity index is 727. The predicted octanol–water partition coefficient (Wildman–Crippen LogP) is 1.88. The van der Waals surface area contributed by atoms with Crippen molar-refractivity contribution in [3.8, 4) is 0 Å². The summed E-state index contributed by atoms with van der Waals surface area (Å²) < 4.78 is 22.7. The topological polar surface area (TPSA) is 89.3 Å². The summed E-state index contributed by atoms with van der Waals surface area (Å²) in [7, 11) is -3.67. The summed E-state index contributed by atoms with van der Waals surface area (Å²) >= 11 is 1.08. The first-order valence-corrected chi connectivity index (χ1v) is 10.7. The maximum atomic E-state index is 12.3. The van der Waals surface area contributed by atoms with Gasteiger partial charge in [0.15, 0.2) is 0 Å². The van der Waals surface area contributed by atoms with Crippen LogP contribution in [-0.2, 0) is 21.2 Å². The van der Waals surface area contributed by atoms with Gasteiger partial charge in [0.25, 0.3) is 0 Å². The zero-order valence-electron chi connectivity index (χ0n) is 12.9. The number of nitrogens with one attached hydrogen (secondary N) is 1. The highest BCUT2D eigenvalue weighted by Crippen LogP contribution is 2.58. The fourth-order valence-corrected chi connectivity index (χ4v) is 7.03. The molecule has 3 fully saturated rings. The molecule has 1 aromatic heterocycles. The number of rotatable bonds is 4. The number of hydrogen-bond donors (Lipinski definition) is 2. The van der Waals surface area contributed by atoms with Gasteiger partial charge in [-0.25, -0.2) is 13.6 Å². The van der Waals surface area contributed by atoms with Crippen LogP contribution in [0.1, 0.15) is 37.0 Å². The van der Waals surface area contributed by atoms with Gasteiger partial charge in [0.1, 0.15) is 4.21 Å². The normalized spacial score (nSPS) is 35.4. The van der Waals surface area contributed by atoms with E-state index in [0.717, 1.165) is 40.4 Å². The minimum atomic E-state index is -3.67. The van der Waals surface area contributed by atoms with Crippen molar-refractivity contribution >= 4 is 27.3 Å². The Morgan fingerprint density at radius 2 is 2.00 bits per heavy atom. The molecular weight excluding hydrogens is 332 g/mol. The van der Waals surface area contributed by atoms with E-state index in [1.54, 1.807) is 6.07 Å². The van der Waals surface area contributed by atoms with Crippen LogP contribution >= 0.6 is 11.3 Å². The molecule has 2 bridgehead atoms. The highest BCUT2D eigenvalue weighted by atomic mass is 32.2. The van der Waals surface area contributed by atoms with Crippen LogP contribution in [0.15, 0.2) is 16.3 Å². The van der Waals surface area contributed by atoms with Crippen LogP contribution in [0.3, 0.4) is 0 Å². The van der Waals surface area contributed by atoms with Gasteiger partial charge >= 0.3 is 0 Å². The number of thiophene rings is 1. The molecule has 0 saturated heterocycles. The van der Waals surface area contributed by atoms with Crippen molar-refractivity contribution in [3.63, 3.8) is 0 Å². The van der Waals surface area contributed by atoms with E-state index in [9.17, 15) is 13.2 Å². The monoisotopic (exact) mass is 354 g/mol. The molecule has 1 amide bonds. The third-order valence-electron chi connectivity index (χ3n) is 6.03. The second-order valence-corrected chi connectivity index (χ2v) is 10.2. The van der Waals surface area contributed by atoms with Crippen LogP contribution < -0.4 is 10.5 Å². The second kappa shape index (κ2) is 5.57. The van der Waals surface area contributed by atoms with Crippen molar-refractivity contribution in [2.45, 2.75) is 48.8 Å². The molecule has 0 spiro atoms. The Kier molecular flexibility index (Phi) is 3.77. The van der Waals surface area contributed by atoms with Gasteiger partial charge < -0.3 is 5.32 Å². The Morgan fingerprint density at radius 1 is 1.22 bits per heavy atom. The third-order valence-corrected chi connectivity index (χ3v) is 8.55. The van der Waals surface area contributed by atoms with E-state index < -0.39 is 10.0 Å². The van der Waals surface area contributed by atoms with Gasteiger partial charge in [-0.2, -0.15) is 0 Å². The molecule has 3 aliphatic rings. The van der Waals surface area contributed by atoms with E-state index in [4.69, 9.17) is 5.14 Å². The molecule has 0 aliphatic heterocycles. The van der Waals surface area contributed by atoms with E-state index in [1.165, 1.54) is 31.7 Å². The lowest BCUT2D eigenvalue weighted by atomic mass is 9.79. The molecule has 1 aromatic rings. The molecule has 126 valence electrons. The standard InChI is InChI=1S/C16H22N2O3S2/c17-23(20,21)16-5-4-10(22-16)8-15(19)18-14-7-9-6-13(14)12-3-1-2-11(9)12/h4-5,9,11-14H,1-3,6-8H2,(H,18,19)(H2,17,20,21). The molecular formula is C16H22N2O3S2. The number of sulfonamides is 1. The van der Waals surface area contributed by atoms with Crippen LogP contribution in [0.5, 0.6) is 0 Å². The number of fused-ring (bicyclic) bond motifs is 5. The summed E-state index contributed by atoms with van der Waals surface area (Å²) in [5.41, 5.74) is 0. The lowest BCUT2D eigenvalue weighted by Crippen LogP contribution is -2.43. The Morgan fingerprint density at radius 3 is 2.74 bits per heavy atom. The number of carbonyl (C=O) groups is 1. The molecule has 5 atom stereocenters. The van der Waals surface area contributed by atoms with Crippen LogP contribution in [-0.4, -0.2) is 20.4 Å². The highest BCUT2D eigenvalue weighted by molar-refractivity contribution is 7.91. The highest BCUT2D eigenvalue weighted by Gasteiger charge is 2.53. The van der Waals surface area contributed by atoms with Gasteiger partial charge in [0, 0.05) is 10.9 Å². The SMILES string of the molecule is NS(=O)(=O)c1ccc(CC(=O)NC2CC3CC2C2CCCC32)s1. The average molecular weight is 354 g/mol. The number of carbonyl (C=O) groups excluding carboxylic acids is 1. The van der Waals surface area contributed by atoms with Gasteiger partial charge in [-0.3, -0.25) is 4.79 Å². The van der Waals surface area contributed by atoms with Crippen LogP contribution in [0, 0.1) is 23.7 Å². The number of amides is 1. The fraction of sp³-hybridized carbons (Fsp3) is 0.688. The van der Waals surface area contributed by atoms with E-state index in [-0.39, 0.29) is 16.5 Å². The van der Waals surface area contributed by atoms with Crippen molar-refractivity contribution in [2.24, 2.45) is 28.8 Å². The fourth-order valence-electron chi connectivity index (χ4n) is 5.26. The van der Waals surface area contributed by atoms with E-state index in [0.29, 0.717) is 12.0 Å². The molecule has 0 radical (unpaired) electrons. The van der Waals surface area contributed by atoms with Crippen molar-refractivity contribution in [1.29, 1.82) is 0 Å². The van der Waals surface area contributed by atoms with E-state index in [2.05, 4.69) is 5.32 Å². The molecule has 5 nitrogen and oxygen atoms in total. The first-order chi connectivity index (χ1) is 10.9. The molecule has 5 unspecified atom stereocenters. The van der Waals surface area contributed by atoms with Crippen molar-refractivity contribution in [2.75, 3.05) is 0 Å². The quantitative estimate of drug-likeness (QED) is 0.865. The minimum absolute atomic E-state index is 0.0000775. The molecule has 3 aliphatic carbocycles. The first kappa shape index (κ1) is 15.6. The van der Waals surface area contributed by atoms with Gasteiger partial charge in [0.05, 0.1) is 6.42 Å². The second-order valence-electron chi connectivity index (χ2n) is 7.27. The number of nitrogens with two attached hydrogens (primary N) is 1. The molecule has 3 N–H and O–H groups in total. The third kappa shape index (κ3) is 2.83. The molecule has 7 heteroatoms. The minimum Gasteiger partial charge on any atom is -0.353 e. The lowest BCUT2D eigenvalue weighted by Gasteiger charge is -2.32. The summed E-state index contributed by atoms with van der Waals surface area (Å²) in [5.74, 6) is 3.23. The zero-order valence-corrected chi connectivity index (χ0v) is 14.5.